The van der Waals surface area contributed by atoms with Crippen molar-refractivity contribution in [1.29, 1.82) is 0 Å². The van der Waals surface area contributed by atoms with Gasteiger partial charge in [-0.15, -0.1) is 0 Å². The number of halogens is 2. The highest BCUT2D eigenvalue weighted by atomic mass is 35.5. The Morgan fingerprint density at radius 2 is 1.73 bits per heavy atom. The van der Waals surface area contributed by atoms with Crippen LogP contribution in [0.1, 0.15) is 11.1 Å². The minimum absolute atomic E-state index is 0.306. The van der Waals surface area contributed by atoms with Crippen molar-refractivity contribution in [3.05, 3.63) is 63.6 Å². The third-order valence-corrected chi connectivity index (χ3v) is 3.70. The van der Waals surface area contributed by atoms with Crippen LogP contribution in [0.25, 0.3) is 0 Å². The molecular weight excluding hydrogens is 323 g/mol. The summed E-state index contributed by atoms with van der Waals surface area (Å²) in [7, 11) is 1.66. The van der Waals surface area contributed by atoms with Gasteiger partial charge < -0.3 is 15.4 Å². The summed E-state index contributed by atoms with van der Waals surface area (Å²) < 4.78 is 5.05. The van der Waals surface area contributed by atoms with Gasteiger partial charge in [-0.1, -0.05) is 47.5 Å². The zero-order valence-electron chi connectivity index (χ0n) is 12.0. The van der Waals surface area contributed by atoms with Gasteiger partial charge in [-0.2, -0.15) is 0 Å². The Morgan fingerprint density at radius 1 is 1.05 bits per heavy atom. The summed E-state index contributed by atoms with van der Waals surface area (Å²) in [6.07, 6.45) is 0. The maximum atomic E-state index is 11.8. The van der Waals surface area contributed by atoms with E-state index in [1.165, 1.54) is 0 Å². The van der Waals surface area contributed by atoms with Gasteiger partial charge in [0.25, 0.3) is 0 Å². The number of carbonyl (C=O) groups is 1. The number of amides is 2. The van der Waals surface area contributed by atoms with Crippen molar-refractivity contribution in [3.63, 3.8) is 0 Å². The summed E-state index contributed by atoms with van der Waals surface area (Å²) in [6.45, 7) is 1.01. The molecule has 2 rings (SSSR count). The first-order chi connectivity index (χ1) is 10.6. The van der Waals surface area contributed by atoms with E-state index in [1.807, 2.05) is 24.3 Å². The summed E-state index contributed by atoms with van der Waals surface area (Å²) >= 11 is 11.7. The van der Waals surface area contributed by atoms with E-state index >= 15 is 0 Å². The molecule has 0 aliphatic carbocycles. The van der Waals surface area contributed by atoms with Crippen LogP contribution < -0.4 is 10.6 Å². The van der Waals surface area contributed by atoms with Crippen LogP contribution in [0.15, 0.2) is 42.5 Å². The van der Waals surface area contributed by atoms with E-state index in [0.717, 1.165) is 11.1 Å². The number of benzene rings is 2. The van der Waals surface area contributed by atoms with Crippen molar-refractivity contribution in [1.82, 2.24) is 5.32 Å². The monoisotopic (exact) mass is 338 g/mol. The molecule has 22 heavy (non-hydrogen) atoms. The molecule has 0 radical (unpaired) electrons. The van der Waals surface area contributed by atoms with Gasteiger partial charge >= 0.3 is 6.03 Å². The number of nitrogens with one attached hydrogen (secondary N) is 2. The highest BCUT2D eigenvalue weighted by molar-refractivity contribution is 6.42. The second-order valence-corrected chi connectivity index (χ2v) is 5.50. The highest BCUT2D eigenvalue weighted by Gasteiger charge is 2.04. The van der Waals surface area contributed by atoms with Crippen LogP contribution >= 0.6 is 23.2 Å². The normalized spacial score (nSPS) is 10.3. The van der Waals surface area contributed by atoms with E-state index < -0.39 is 0 Å². The van der Waals surface area contributed by atoms with Crippen molar-refractivity contribution >= 4 is 34.9 Å². The Balaban J connectivity index is 1.85. The van der Waals surface area contributed by atoms with Crippen LogP contribution in [0.4, 0.5) is 10.5 Å². The van der Waals surface area contributed by atoms with Gasteiger partial charge in [0, 0.05) is 19.3 Å². The quantitative estimate of drug-likeness (QED) is 0.845. The van der Waals surface area contributed by atoms with Crippen LogP contribution in [-0.2, 0) is 17.9 Å². The number of anilines is 1. The van der Waals surface area contributed by atoms with Crippen LogP contribution in [0.5, 0.6) is 0 Å². The zero-order chi connectivity index (χ0) is 15.9. The molecule has 0 fully saturated rings. The molecule has 4 nitrogen and oxygen atoms in total. The molecule has 6 heteroatoms. The number of ether oxygens (including phenoxy) is 1. The number of urea groups is 1. The number of hydrogen-bond acceptors (Lipinski definition) is 2. The standard InChI is InChI=1S/C16H16Cl2N2O2/c1-22-10-12-4-2-11(3-5-12)9-19-16(21)20-13-6-7-14(17)15(18)8-13/h2-8H,9-10H2,1H3,(H2,19,20,21). The second-order valence-electron chi connectivity index (χ2n) is 4.69. The van der Waals surface area contributed by atoms with Crippen molar-refractivity contribution in [2.24, 2.45) is 0 Å². The Hall–Kier alpha value is -1.75. The lowest BCUT2D eigenvalue weighted by Crippen LogP contribution is -2.28. The molecule has 0 saturated carbocycles. The first kappa shape index (κ1) is 16.6. The largest absolute Gasteiger partial charge is 0.380 e. The second kappa shape index (κ2) is 8.03. The average Bonchev–Trinajstić information content (AvgIpc) is 2.51. The third-order valence-electron chi connectivity index (χ3n) is 2.96. The Morgan fingerprint density at radius 3 is 2.36 bits per heavy atom. The fraction of sp³-hybridized carbons (Fsp3) is 0.188. The summed E-state index contributed by atoms with van der Waals surface area (Å²) in [5, 5.41) is 6.32. The zero-order valence-corrected chi connectivity index (χ0v) is 13.5. The lowest BCUT2D eigenvalue weighted by molar-refractivity contribution is 0.185. The average molecular weight is 339 g/mol. The minimum Gasteiger partial charge on any atom is -0.380 e. The van der Waals surface area contributed by atoms with Crippen LogP contribution in [0, 0.1) is 0 Å². The van der Waals surface area contributed by atoms with E-state index in [-0.39, 0.29) is 6.03 Å². The molecule has 0 heterocycles. The van der Waals surface area contributed by atoms with E-state index in [2.05, 4.69) is 10.6 Å². The molecule has 2 aromatic carbocycles. The molecule has 0 aromatic heterocycles. The molecule has 116 valence electrons. The molecule has 0 atom stereocenters. The smallest absolute Gasteiger partial charge is 0.319 e. The summed E-state index contributed by atoms with van der Waals surface area (Å²) in [5.41, 5.74) is 2.68. The summed E-state index contributed by atoms with van der Waals surface area (Å²) in [6, 6.07) is 12.5. The molecule has 2 amide bonds. The molecule has 0 saturated heterocycles. The summed E-state index contributed by atoms with van der Waals surface area (Å²) in [4.78, 5) is 11.8. The van der Waals surface area contributed by atoms with Crippen LogP contribution in [0.3, 0.4) is 0 Å². The van der Waals surface area contributed by atoms with E-state index in [0.29, 0.717) is 28.9 Å². The van der Waals surface area contributed by atoms with Crippen molar-refractivity contribution < 1.29 is 9.53 Å². The maximum absolute atomic E-state index is 11.8. The first-order valence-corrected chi connectivity index (χ1v) is 7.41. The highest BCUT2D eigenvalue weighted by Crippen LogP contribution is 2.24. The maximum Gasteiger partial charge on any atom is 0.319 e. The topological polar surface area (TPSA) is 50.4 Å². The molecule has 2 aromatic rings. The first-order valence-electron chi connectivity index (χ1n) is 6.65. The summed E-state index contributed by atoms with van der Waals surface area (Å²) in [5.74, 6) is 0. The number of methoxy groups -OCH3 is 1. The van der Waals surface area contributed by atoms with Gasteiger partial charge in [0.1, 0.15) is 0 Å². The Bertz CT molecular complexity index is 645. The third kappa shape index (κ3) is 4.91. The Kier molecular flexibility index (Phi) is 6.07. The van der Waals surface area contributed by atoms with Crippen molar-refractivity contribution in [3.8, 4) is 0 Å². The predicted molar refractivity (Wildman–Crippen MR) is 89.5 cm³/mol. The molecule has 0 bridgehead atoms. The van der Waals surface area contributed by atoms with E-state index in [4.69, 9.17) is 27.9 Å². The SMILES string of the molecule is COCc1ccc(CNC(=O)Nc2ccc(Cl)c(Cl)c2)cc1. The minimum atomic E-state index is -0.306. The lowest BCUT2D eigenvalue weighted by atomic mass is 10.1. The predicted octanol–water partition coefficient (Wildman–Crippen LogP) is 4.46. The van der Waals surface area contributed by atoms with Gasteiger partial charge in [-0.3, -0.25) is 0 Å². The lowest BCUT2D eigenvalue weighted by Gasteiger charge is -2.09. The number of rotatable bonds is 5. The fourth-order valence-electron chi connectivity index (χ4n) is 1.85. The van der Waals surface area contributed by atoms with Gasteiger partial charge in [-0.25, -0.2) is 4.79 Å². The molecule has 2 N–H and O–H groups in total. The molecule has 0 spiro atoms. The Labute approximate surface area is 139 Å². The van der Waals surface area contributed by atoms with Crippen molar-refractivity contribution in [2.75, 3.05) is 12.4 Å². The van der Waals surface area contributed by atoms with Crippen molar-refractivity contribution in [2.45, 2.75) is 13.2 Å². The van der Waals surface area contributed by atoms with E-state index in [1.54, 1.807) is 25.3 Å². The molecule has 0 aliphatic rings. The van der Waals surface area contributed by atoms with Gasteiger partial charge in [0.05, 0.1) is 16.7 Å². The molecule has 0 unspecified atom stereocenters. The van der Waals surface area contributed by atoms with Gasteiger partial charge in [-0.05, 0) is 29.3 Å². The van der Waals surface area contributed by atoms with Gasteiger partial charge in [0.2, 0.25) is 0 Å². The number of carbonyl (C=O) groups excluding carboxylic acids is 1. The molecule has 0 aliphatic heterocycles. The molecular formula is C16H16Cl2N2O2. The number of hydrogen-bond donors (Lipinski definition) is 2. The van der Waals surface area contributed by atoms with Gasteiger partial charge in [0.15, 0.2) is 0 Å². The van der Waals surface area contributed by atoms with E-state index in [9.17, 15) is 4.79 Å². The fourth-order valence-corrected chi connectivity index (χ4v) is 2.15. The van der Waals surface area contributed by atoms with Crippen LogP contribution in [0.2, 0.25) is 10.0 Å². The van der Waals surface area contributed by atoms with Crippen LogP contribution in [-0.4, -0.2) is 13.1 Å².